The lowest BCUT2D eigenvalue weighted by molar-refractivity contribution is 0.351. The van der Waals surface area contributed by atoms with Gasteiger partial charge in [0.15, 0.2) is 11.5 Å². The number of nitrogens with one attached hydrogen (secondary N) is 1. The van der Waals surface area contributed by atoms with Gasteiger partial charge in [-0.3, -0.25) is 0 Å². The fourth-order valence-corrected chi connectivity index (χ4v) is 4.39. The van der Waals surface area contributed by atoms with Crippen LogP contribution in [0, 0.1) is 0 Å². The van der Waals surface area contributed by atoms with Crippen molar-refractivity contribution in [3.8, 4) is 21.4 Å². The van der Waals surface area contributed by atoms with Crippen LogP contribution >= 0.6 is 22.7 Å². The second kappa shape index (κ2) is 8.98. The highest BCUT2D eigenvalue weighted by Crippen LogP contribution is 2.33. The van der Waals surface area contributed by atoms with Crippen LogP contribution in [0.25, 0.3) is 9.88 Å². The molecule has 0 bridgehead atoms. The van der Waals surface area contributed by atoms with E-state index in [4.69, 9.17) is 14.5 Å². The summed E-state index contributed by atoms with van der Waals surface area (Å²) in [5.41, 5.74) is 3.28. The topological polar surface area (TPSA) is 43.4 Å². The van der Waals surface area contributed by atoms with Crippen molar-refractivity contribution < 1.29 is 9.47 Å². The molecule has 0 radical (unpaired) electrons. The molecule has 136 valence electrons. The van der Waals surface area contributed by atoms with E-state index in [0.29, 0.717) is 0 Å². The van der Waals surface area contributed by atoms with E-state index in [9.17, 15) is 0 Å². The molecule has 0 atom stereocenters. The van der Waals surface area contributed by atoms with E-state index in [-0.39, 0.29) is 0 Å². The molecule has 3 rings (SSSR count). The summed E-state index contributed by atoms with van der Waals surface area (Å²) in [6, 6.07) is 8.30. The fourth-order valence-electron chi connectivity index (χ4n) is 2.75. The number of hydrogen-bond acceptors (Lipinski definition) is 6. The van der Waals surface area contributed by atoms with Gasteiger partial charge in [-0.05, 0) is 29.5 Å². The third-order valence-corrected chi connectivity index (χ3v) is 5.83. The molecule has 0 aliphatic rings. The van der Waals surface area contributed by atoms with Gasteiger partial charge in [-0.15, -0.1) is 29.3 Å². The van der Waals surface area contributed by atoms with E-state index in [2.05, 4.69) is 40.9 Å². The largest absolute Gasteiger partial charge is 0.493 e. The lowest BCUT2D eigenvalue weighted by Crippen LogP contribution is -2.13. The lowest BCUT2D eigenvalue weighted by atomic mass is 10.1. The number of hydrogen-bond donors (Lipinski definition) is 1. The van der Waals surface area contributed by atoms with Crippen LogP contribution in [0.4, 0.5) is 0 Å². The average molecular weight is 387 g/mol. The summed E-state index contributed by atoms with van der Waals surface area (Å²) in [6.07, 6.45) is 2.61. The van der Waals surface area contributed by atoms with Gasteiger partial charge in [-0.2, -0.15) is 0 Å². The van der Waals surface area contributed by atoms with Gasteiger partial charge in [-0.25, -0.2) is 4.98 Å². The molecule has 1 aromatic carbocycles. The van der Waals surface area contributed by atoms with E-state index in [1.54, 1.807) is 36.9 Å². The quantitative estimate of drug-likeness (QED) is 0.531. The number of ether oxygens (including phenoxy) is 2. The van der Waals surface area contributed by atoms with Crippen LogP contribution in [-0.4, -0.2) is 19.2 Å². The normalized spacial score (nSPS) is 10.7. The summed E-state index contributed by atoms with van der Waals surface area (Å²) in [7, 11) is 3.32. The Hall–Kier alpha value is -2.15. The molecule has 0 aliphatic heterocycles. The second-order valence-corrected chi connectivity index (χ2v) is 7.51. The third-order valence-electron chi connectivity index (χ3n) is 3.90. The highest BCUT2D eigenvalue weighted by atomic mass is 32.1. The van der Waals surface area contributed by atoms with Crippen LogP contribution in [0.2, 0.25) is 0 Å². The van der Waals surface area contributed by atoms with Crippen molar-refractivity contribution in [1.82, 2.24) is 10.3 Å². The Balaban J connectivity index is 1.66. The molecule has 0 saturated heterocycles. The van der Waals surface area contributed by atoms with E-state index < -0.39 is 0 Å². The molecule has 4 nitrogen and oxygen atoms in total. The van der Waals surface area contributed by atoms with Gasteiger partial charge in [0.25, 0.3) is 0 Å². The van der Waals surface area contributed by atoms with E-state index in [1.165, 1.54) is 4.88 Å². The molecular weight excluding hydrogens is 364 g/mol. The Morgan fingerprint density at radius 3 is 2.77 bits per heavy atom. The average Bonchev–Trinajstić information content (AvgIpc) is 3.33. The van der Waals surface area contributed by atoms with Gasteiger partial charge in [-0.1, -0.05) is 18.2 Å². The predicted molar refractivity (Wildman–Crippen MR) is 109 cm³/mol. The van der Waals surface area contributed by atoms with Gasteiger partial charge in [0.05, 0.1) is 24.8 Å². The minimum Gasteiger partial charge on any atom is -0.493 e. The summed E-state index contributed by atoms with van der Waals surface area (Å²) < 4.78 is 11.0. The summed E-state index contributed by atoms with van der Waals surface area (Å²) in [6.45, 7) is 5.29. The number of thiazole rings is 1. The molecule has 2 heterocycles. The minimum atomic E-state index is 0.729. The summed E-state index contributed by atoms with van der Waals surface area (Å²) in [4.78, 5) is 5.92. The number of benzene rings is 1. The van der Waals surface area contributed by atoms with Gasteiger partial charge in [0, 0.05) is 24.0 Å². The van der Waals surface area contributed by atoms with Crippen molar-refractivity contribution in [1.29, 1.82) is 0 Å². The summed E-state index contributed by atoms with van der Waals surface area (Å²) in [5, 5.41) is 8.73. The molecule has 26 heavy (non-hydrogen) atoms. The molecule has 2 aromatic heterocycles. The zero-order valence-electron chi connectivity index (χ0n) is 15.0. The Morgan fingerprint density at radius 2 is 2.08 bits per heavy atom. The Labute approximate surface area is 162 Å². The zero-order chi connectivity index (χ0) is 18.4. The maximum absolute atomic E-state index is 5.49. The molecule has 0 spiro atoms. The van der Waals surface area contributed by atoms with Crippen molar-refractivity contribution in [2.24, 2.45) is 0 Å². The van der Waals surface area contributed by atoms with Crippen LogP contribution in [0.1, 0.15) is 16.8 Å². The molecule has 1 N–H and O–H groups in total. The molecule has 0 fully saturated rings. The number of methoxy groups -OCH3 is 2. The second-order valence-electron chi connectivity index (χ2n) is 5.71. The molecule has 0 unspecified atom stereocenters. The standard InChI is InChI=1S/C20H22N2O2S2/c1-4-6-15-9-14(10-17(23-2)19(15)24-3)11-21-12-16-13-26-20(22-16)18-7-5-8-25-18/h4-5,7-10,13,21H,1,6,11-12H2,2-3H3. The fraction of sp³-hybridized carbons (Fsp3) is 0.250. The van der Waals surface area contributed by atoms with Crippen LogP contribution in [0.3, 0.4) is 0 Å². The Morgan fingerprint density at radius 1 is 1.19 bits per heavy atom. The van der Waals surface area contributed by atoms with Gasteiger partial charge < -0.3 is 14.8 Å². The monoisotopic (exact) mass is 386 g/mol. The molecule has 6 heteroatoms. The number of allylic oxidation sites excluding steroid dienone is 1. The van der Waals surface area contributed by atoms with Crippen LogP contribution in [0.5, 0.6) is 11.5 Å². The first-order valence-corrected chi connectivity index (χ1v) is 10.0. The zero-order valence-corrected chi connectivity index (χ0v) is 16.6. The van der Waals surface area contributed by atoms with Crippen LogP contribution in [-0.2, 0) is 19.5 Å². The van der Waals surface area contributed by atoms with Gasteiger partial charge in [0.2, 0.25) is 0 Å². The number of nitrogens with zero attached hydrogens (tertiary/aromatic N) is 1. The van der Waals surface area contributed by atoms with Crippen molar-refractivity contribution in [2.75, 3.05) is 14.2 Å². The third kappa shape index (κ3) is 4.33. The highest BCUT2D eigenvalue weighted by molar-refractivity contribution is 7.20. The minimum absolute atomic E-state index is 0.729. The maximum Gasteiger partial charge on any atom is 0.164 e. The summed E-state index contributed by atoms with van der Waals surface area (Å²) >= 11 is 3.40. The Kier molecular flexibility index (Phi) is 6.44. The highest BCUT2D eigenvalue weighted by Gasteiger charge is 2.12. The van der Waals surface area contributed by atoms with Crippen molar-refractivity contribution in [3.63, 3.8) is 0 Å². The van der Waals surface area contributed by atoms with Crippen molar-refractivity contribution >= 4 is 22.7 Å². The SMILES string of the molecule is C=CCc1cc(CNCc2csc(-c3cccs3)n2)cc(OC)c1OC. The first-order chi connectivity index (χ1) is 12.7. The van der Waals surface area contributed by atoms with Crippen LogP contribution in [0.15, 0.2) is 47.7 Å². The maximum atomic E-state index is 5.49. The predicted octanol–water partition coefficient (Wildman–Crippen LogP) is 4.91. The lowest BCUT2D eigenvalue weighted by Gasteiger charge is -2.14. The molecule has 0 amide bonds. The van der Waals surface area contributed by atoms with Crippen LogP contribution < -0.4 is 14.8 Å². The van der Waals surface area contributed by atoms with Crippen molar-refractivity contribution in [2.45, 2.75) is 19.5 Å². The molecule has 3 aromatic rings. The number of aromatic nitrogens is 1. The van der Waals surface area contributed by atoms with Gasteiger partial charge in [0.1, 0.15) is 5.01 Å². The Bertz CT molecular complexity index is 857. The molecular formula is C20H22N2O2S2. The van der Waals surface area contributed by atoms with E-state index >= 15 is 0 Å². The van der Waals surface area contributed by atoms with E-state index in [0.717, 1.165) is 52.8 Å². The molecule has 0 aliphatic carbocycles. The van der Waals surface area contributed by atoms with Gasteiger partial charge >= 0.3 is 0 Å². The smallest absolute Gasteiger partial charge is 0.164 e. The summed E-state index contributed by atoms with van der Waals surface area (Å²) in [5.74, 6) is 1.52. The van der Waals surface area contributed by atoms with Crippen molar-refractivity contribution in [3.05, 3.63) is 64.5 Å². The molecule has 0 saturated carbocycles. The van der Waals surface area contributed by atoms with E-state index in [1.807, 2.05) is 12.1 Å². The number of rotatable bonds is 9. The first kappa shape index (κ1) is 18.6. The first-order valence-electron chi connectivity index (χ1n) is 8.28. The number of thiophene rings is 1.